The third kappa shape index (κ3) is 1.57. The molecule has 3 heteroatoms. The smallest absolute Gasteiger partial charge is 0.139 e. The lowest BCUT2D eigenvalue weighted by molar-refractivity contribution is 0.302. The van der Waals surface area contributed by atoms with Crippen LogP contribution in [0.4, 0.5) is 5.69 Å². The summed E-state index contributed by atoms with van der Waals surface area (Å²) in [4.78, 5) is 0. The van der Waals surface area contributed by atoms with Crippen molar-refractivity contribution >= 4 is 5.69 Å². The van der Waals surface area contributed by atoms with E-state index in [1.807, 2.05) is 6.07 Å². The zero-order valence-electron chi connectivity index (χ0n) is 7.16. The highest BCUT2D eigenvalue weighted by Crippen LogP contribution is 2.30. The van der Waals surface area contributed by atoms with Crippen LogP contribution in [0.1, 0.15) is 18.4 Å². The molecule has 1 aromatic carbocycles. The number of rotatable bonds is 2. The second-order valence-corrected chi connectivity index (χ2v) is 3.15. The average Bonchev–Trinajstić information content (AvgIpc) is 2.89. The number of anilines is 1. The molecule has 3 nitrogen and oxygen atoms in total. The zero-order chi connectivity index (χ0) is 9.26. The largest absolute Gasteiger partial charge is 0.489 e. The molecule has 0 amide bonds. The number of nitriles is 1. The third-order valence-corrected chi connectivity index (χ3v) is 1.99. The van der Waals surface area contributed by atoms with Gasteiger partial charge in [0.25, 0.3) is 0 Å². The zero-order valence-corrected chi connectivity index (χ0v) is 7.16. The van der Waals surface area contributed by atoms with Crippen molar-refractivity contribution in [2.75, 3.05) is 5.73 Å². The first-order valence-corrected chi connectivity index (χ1v) is 4.26. The molecular formula is C10H10N2O. The SMILES string of the molecule is N#Cc1c(N)cccc1OC1CC1. The Morgan fingerprint density at radius 3 is 2.85 bits per heavy atom. The van der Waals surface area contributed by atoms with E-state index in [2.05, 4.69) is 0 Å². The summed E-state index contributed by atoms with van der Waals surface area (Å²) in [7, 11) is 0. The summed E-state index contributed by atoms with van der Waals surface area (Å²) in [6, 6.07) is 7.34. The first kappa shape index (κ1) is 7.93. The molecule has 0 aliphatic heterocycles. The molecule has 2 N–H and O–H groups in total. The van der Waals surface area contributed by atoms with Crippen LogP contribution in [-0.4, -0.2) is 6.10 Å². The van der Waals surface area contributed by atoms with E-state index in [9.17, 15) is 0 Å². The summed E-state index contributed by atoms with van der Waals surface area (Å²) in [5.74, 6) is 0.616. The van der Waals surface area contributed by atoms with Crippen LogP contribution in [-0.2, 0) is 0 Å². The van der Waals surface area contributed by atoms with Crippen molar-refractivity contribution < 1.29 is 4.74 Å². The number of hydrogen-bond donors (Lipinski definition) is 1. The molecule has 1 aromatic rings. The van der Waals surface area contributed by atoms with Crippen molar-refractivity contribution in [2.24, 2.45) is 0 Å². The van der Waals surface area contributed by atoms with Gasteiger partial charge in [0, 0.05) is 0 Å². The minimum Gasteiger partial charge on any atom is -0.489 e. The van der Waals surface area contributed by atoms with Crippen molar-refractivity contribution in [1.29, 1.82) is 5.26 Å². The van der Waals surface area contributed by atoms with E-state index in [-0.39, 0.29) is 0 Å². The maximum absolute atomic E-state index is 8.82. The quantitative estimate of drug-likeness (QED) is 0.694. The van der Waals surface area contributed by atoms with E-state index in [4.69, 9.17) is 15.7 Å². The van der Waals surface area contributed by atoms with E-state index in [1.165, 1.54) is 0 Å². The van der Waals surface area contributed by atoms with Gasteiger partial charge in [0.15, 0.2) is 0 Å². The Bertz CT molecular complexity index is 364. The molecule has 1 saturated carbocycles. The molecule has 0 saturated heterocycles. The van der Waals surface area contributed by atoms with Gasteiger partial charge >= 0.3 is 0 Å². The molecule has 0 spiro atoms. The lowest BCUT2D eigenvalue weighted by Crippen LogP contribution is -2.00. The van der Waals surface area contributed by atoms with E-state index in [0.29, 0.717) is 23.1 Å². The lowest BCUT2D eigenvalue weighted by atomic mass is 10.2. The van der Waals surface area contributed by atoms with Crippen molar-refractivity contribution in [1.82, 2.24) is 0 Å². The summed E-state index contributed by atoms with van der Waals surface area (Å²) in [6.07, 6.45) is 2.47. The molecule has 2 rings (SSSR count). The molecule has 0 heterocycles. The molecule has 1 aliphatic rings. The molecule has 0 atom stereocenters. The fourth-order valence-electron chi connectivity index (χ4n) is 1.13. The highest BCUT2D eigenvalue weighted by atomic mass is 16.5. The van der Waals surface area contributed by atoms with Crippen LogP contribution in [0.3, 0.4) is 0 Å². The lowest BCUT2D eigenvalue weighted by Gasteiger charge is -2.07. The molecular weight excluding hydrogens is 164 g/mol. The first-order chi connectivity index (χ1) is 6.31. The van der Waals surface area contributed by atoms with Crippen LogP contribution in [0, 0.1) is 11.3 Å². The van der Waals surface area contributed by atoms with Crippen LogP contribution >= 0.6 is 0 Å². The summed E-state index contributed by atoms with van der Waals surface area (Å²) in [6.45, 7) is 0. The number of benzene rings is 1. The predicted molar refractivity (Wildman–Crippen MR) is 49.2 cm³/mol. The maximum atomic E-state index is 8.82. The minimum absolute atomic E-state index is 0.300. The summed E-state index contributed by atoms with van der Waals surface area (Å²) < 4.78 is 5.53. The van der Waals surface area contributed by atoms with Crippen LogP contribution in [0.15, 0.2) is 18.2 Å². The highest BCUT2D eigenvalue weighted by Gasteiger charge is 2.24. The standard InChI is InChI=1S/C10H10N2O/c11-6-8-9(12)2-1-3-10(8)13-7-4-5-7/h1-3,7H,4-5,12H2. The molecule has 0 radical (unpaired) electrons. The van der Waals surface area contributed by atoms with E-state index < -0.39 is 0 Å². The molecule has 13 heavy (non-hydrogen) atoms. The molecule has 1 aliphatic carbocycles. The van der Waals surface area contributed by atoms with Gasteiger partial charge in [-0.2, -0.15) is 5.26 Å². The van der Waals surface area contributed by atoms with Crippen LogP contribution in [0.25, 0.3) is 0 Å². The summed E-state index contributed by atoms with van der Waals surface area (Å²) in [5, 5.41) is 8.82. The monoisotopic (exact) mass is 174 g/mol. The van der Waals surface area contributed by atoms with Gasteiger partial charge in [-0.25, -0.2) is 0 Å². The normalized spacial score (nSPS) is 15.0. The van der Waals surface area contributed by atoms with Crippen molar-refractivity contribution in [2.45, 2.75) is 18.9 Å². The fourth-order valence-corrected chi connectivity index (χ4v) is 1.13. The Balaban J connectivity index is 2.32. The van der Waals surface area contributed by atoms with Crippen LogP contribution in [0.5, 0.6) is 5.75 Å². The average molecular weight is 174 g/mol. The van der Waals surface area contributed by atoms with Gasteiger partial charge < -0.3 is 10.5 Å². The Kier molecular flexibility index (Phi) is 1.82. The van der Waals surface area contributed by atoms with Crippen LogP contribution < -0.4 is 10.5 Å². The first-order valence-electron chi connectivity index (χ1n) is 4.26. The maximum Gasteiger partial charge on any atom is 0.139 e. The number of nitrogens with two attached hydrogens (primary N) is 1. The fraction of sp³-hybridized carbons (Fsp3) is 0.300. The Hall–Kier alpha value is -1.69. The van der Waals surface area contributed by atoms with Gasteiger partial charge in [0.05, 0.1) is 11.8 Å². The van der Waals surface area contributed by atoms with Gasteiger partial charge in [0.2, 0.25) is 0 Å². The Morgan fingerprint density at radius 1 is 1.46 bits per heavy atom. The van der Waals surface area contributed by atoms with Gasteiger partial charge in [-0.15, -0.1) is 0 Å². The van der Waals surface area contributed by atoms with Gasteiger partial charge in [-0.1, -0.05) is 6.07 Å². The van der Waals surface area contributed by atoms with Gasteiger partial charge in [-0.05, 0) is 25.0 Å². The predicted octanol–water partition coefficient (Wildman–Crippen LogP) is 1.68. The summed E-state index contributed by atoms with van der Waals surface area (Å²) in [5.41, 5.74) is 6.57. The van der Waals surface area contributed by atoms with Crippen molar-refractivity contribution in [3.63, 3.8) is 0 Å². The second-order valence-electron chi connectivity index (χ2n) is 3.15. The van der Waals surface area contributed by atoms with Crippen LogP contribution in [0.2, 0.25) is 0 Å². The minimum atomic E-state index is 0.300. The number of nitrogens with zero attached hydrogens (tertiary/aromatic N) is 1. The highest BCUT2D eigenvalue weighted by molar-refractivity contribution is 5.60. The molecule has 0 bridgehead atoms. The van der Waals surface area contributed by atoms with Crippen molar-refractivity contribution in [3.8, 4) is 11.8 Å². The Labute approximate surface area is 76.7 Å². The summed E-state index contributed by atoms with van der Waals surface area (Å²) >= 11 is 0. The van der Waals surface area contributed by atoms with Crippen molar-refractivity contribution in [3.05, 3.63) is 23.8 Å². The third-order valence-electron chi connectivity index (χ3n) is 1.99. The molecule has 0 aromatic heterocycles. The van der Waals surface area contributed by atoms with Gasteiger partial charge in [-0.3, -0.25) is 0 Å². The van der Waals surface area contributed by atoms with Gasteiger partial charge in [0.1, 0.15) is 17.4 Å². The number of nitrogen functional groups attached to an aromatic ring is 1. The molecule has 1 fully saturated rings. The van der Waals surface area contributed by atoms with E-state index >= 15 is 0 Å². The number of hydrogen-bond acceptors (Lipinski definition) is 3. The molecule has 0 unspecified atom stereocenters. The van der Waals surface area contributed by atoms with E-state index in [0.717, 1.165) is 12.8 Å². The topological polar surface area (TPSA) is 59.0 Å². The number of ether oxygens (including phenoxy) is 1. The molecule has 66 valence electrons. The second kappa shape index (κ2) is 2.98. The Morgan fingerprint density at radius 2 is 2.23 bits per heavy atom. The van der Waals surface area contributed by atoms with E-state index in [1.54, 1.807) is 18.2 Å².